The highest BCUT2D eigenvalue weighted by atomic mass is 16.5. The van der Waals surface area contributed by atoms with Gasteiger partial charge in [-0.1, -0.05) is 27.2 Å². The minimum absolute atomic E-state index is 0.0204. The van der Waals surface area contributed by atoms with Crippen molar-refractivity contribution in [2.45, 2.75) is 58.9 Å². The van der Waals surface area contributed by atoms with Crippen molar-refractivity contribution in [3.05, 3.63) is 24.3 Å². The molecule has 1 aliphatic rings. The number of carbonyl (C=O) groups excluding carboxylic acids is 2. The molecule has 1 aliphatic carbocycles. The molecule has 0 saturated heterocycles. The lowest BCUT2D eigenvalue weighted by molar-refractivity contribution is -0.131. The first-order valence-corrected chi connectivity index (χ1v) is 9.69. The van der Waals surface area contributed by atoms with Gasteiger partial charge < -0.3 is 15.4 Å². The monoisotopic (exact) mass is 360 g/mol. The molecule has 144 valence electrons. The first-order chi connectivity index (χ1) is 12.4. The maximum atomic E-state index is 12.8. The highest BCUT2D eigenvalue weighted by molar-refractivity contribution is 5.97. The van der Waals surface area contributed by atoms with Gasteiger partial charge in [0.05, 0.1) is 7.11 Å². The summed E-state index contributed by atoms with van der Waals surface area (Å²) in [6.07, 6.45) is 4.83. The van der Waals surface area contributed by atoms with E-state index in [0.717, 1.165) is 37.9 Å². The standard InChI is InChI=1S/C21H32N2O3/c1-5-15(3)19(23-20(24)16-8-6-14(2)7-9-16)21(25)22-17-10-12-18(26-4)13-11-17/h10-16,19H,5-9H2,1-4H3,(H,22,25)(H,23,24)/t14?,15-,16?,19-/m1/s1. The maximum absolute atomic E-state index is 12.8. The van der Waals surface area contributed by atoms with Crippen molar-refractivity contribution in [1.82, 2.24) is 5.32 Å². The summed E-state index contributed by atoms with van der Waals surface area (Å²) in [5, 5.41) is 5.93. The van der Waals surface area contributed by atoms with E-state index in [-0.39, 0.29) is 23.7 Å². The van der Waals surface area contributed by atoms with E-state index in [4.69, 9.17) is 4.74 Å². The maximum Gasteiger partial charge on any atom is 0.247 e. The summed E-state index contributed by atoms with van der Waals surface area (Å²) >= 11 is 0. The third-order valence-electron chi connectivity index (χ3n) is 5.54. The van der Waals surface area contributed by atoms with Gasteiger partial charge in [0.25, 0.3) is 0 Å². The first kappa shape index (κ1) is 20.3. The fourth-order valence-corrected chi connectivity index (χ4v) is 3.39. The molecule has 1 aromatic carbocycles. The Kier molecular flexibility index (Phi) is 7.49. The number of amides is 2. The van der Waals surface area contributed by atoms with Crippen LogP contribution in [0.3, 0.4) is 0 Å². The Morgan fingerprint density at radius 3 is 2.31 bits per heavy atom. The Hall–Kier alpha value is -2.04. The average Bonchev–Trinajstić information content (AvgIpc) is 2.66. The molecule has 5 heteroatoms. The number of benzene rings is 1. The minimum atomic E-state index is -0.519. The Labute approximate surface area is 156 Å². The fourth-order valence-electron chi connectivity index (χ4n) is 3.39. The predicted octanol–water partition coefficient (Wildman–Crippen LogP) is 3.99. The largest absolute Gasteiger partial charge is 0.497 e. The lowest BCUT2D eigenvalue weighted by Gasteiger charge is -2.29. The number of methoxy groups -OCH3 is 1. The van der Waals surface area contributed by atoms with Gasteiger partial charge in [-0.25, -0.2) is 0 Å². The Bertz CT molecular complexity index is 592. The highest BCUT2D eigenvalue weighted by Crippen LogP contribution is 2.28. The molecule has 5 nitrogen and oxygen atoms in total. The van der Waals surface area contributed by atoms with E-state index in [9.17, 15) is 9.59 Å². The van der Waals surface area contributed by atoms with Gasteiger partial charge in [0.1, 0.15) is 11.8 Å². The molecule has 2 rings (SSSR count). The Balaban J connectivity index is 2.00. The third-order valence-corrected chi connectivity index (χ3v) is 5.54. The molecule has 2 atom stereocenters. The molecule has 2 N–H and O–H groups in total. The smallest absolute Gasteiger partial charge is 0.247 e. The molecule has 26 heavy (non-hydrogen) atoms. The number of anilines is 1. The van der Waals surface area contributed by atoms with Crippen LogP contribution in [0.1, 0.15) is 52.9 Å². The average molecular weight is 360 g/mol. The van der Waals surface area contributed by atoms with E-state index in [2.05, 4.69) is 17.6 Å². The molecule has 0 spiro atoms. The SMILES string of the molecule is CC[C@@H](C)[C@@H](NC(=O)C1CCC(C)CC1)C(=O)Nc1ccc(OC)cc1. The molecule has 2 amide bonds. The molecule has 1 aromatic rings. The van der Waals surface area contributed by atoms with E-state index in [1.54, 1.807) is 31.4 Å². The van der Waals surface area contributed by atoms with Crippen LogP contribution in [-0.4, -0.2) is 25.0 Å². The van der Waals surface area contributed by atoms with Crippen molar-refractivity contribution in [2.75, 3.05) is 12.4 Å². The summed E-state index contributed by atoms with van der Waals surface area (Å²) in [6, 6.07) is 6.68. The van der Waals surface area contributed by atoms with Crippen LogP contribution in [0.4, 0.5) is 5.69 Å². The number of rotatable bonds is 7. The second kappa shape index (κ2) is 9.60. The van der Waals surface area contributed by atoms with Gasteiger partial charge in [-0.3, -0.25) is 9.59 Å². The van der Waals surface area contributed by atoms with Gasteiger partial charge in [0.15, 0.2) is 0 Å². The quantitative estimate of drug-likeness (QED) is 0.772. The normalized spacial score (nSPS) is 22.2. The molecule has 0 aromatic heterocycles. The van der Waals surface area contributed by atoms with Gasteiger partial charge in [0, 0.05) is 11.6 Å². The van der Waals surface area contributed by atoms with Crippen molar-refractivity contribution < 1.29 is 14.3 Å². The second-order valence-corrected chi connectivity index (χ2v) is 7.55. The number of hydrogen-bond acceptors (Lipinski definition) is 3. The number of carbonyl (C=O) groups is 2. The summed E-state index contributed by atoms with van der Waals surface area (Å²) in [7, 11) is 1.61. The van der Waals surface area contributed by atoms with Crippen molar-refractivity contribution >= 4 is 17.5 Å². The van der Waals surface area contributed by atoms with E-state index in [1.807, 2.05) is 13.8 Å². The van der Waals surface area contributed by atoms with Gasteiger partial charge in [-0.15, -0.1) is 0 Å². The molecule has 1 fully saturated rings. The fraction of sp³-hybridized carbons (Fsp3) is 0.619. The lowest BCUT2D eigenvalue weighted by atomic mass is 9.82. The van der Waals surface area contributed by atoms with Gasteiger partial charge in [0.2, 0.25) is 11.8 Å². The summed E-state index contributed by atoms with van der Waals surface area (Å²) in [5.41, 5.74) is 0.699. The minimum Gasteiger partial charge on any atom is -0.497 e. The zero-order chi connectivity index (χ0) is 19.1. The number of ether oxygens (including phenoxy) is 1. The van der Waals surface area contributed by atoms with E-state index >= 15 is 0 Å². The zero-order valence-corrected chi connectivity index (χ0v) is 16.4. The number of nitrogens with one attached hydrogen (secondary N) is 2. The van der Waals surface area contributed by atoms with Gasteiger partial charge in [-0.05, 0) is 61.8 Å². The number of hydrogen-bond donors (Lipinski definition) is 2. The third kappa shape index (κ3) is 5.48. The molecular weight excluding hydrogens is 328 g/mol. The van der Waals surface area contributed by atoms with Crippen molar-refractivity contribution in [3.8, 4) is 5.75 Å². The van der Waals surface area contributed by atoms with Gasteiger partial charge >= 0.3 is 0 Å². The molecule has 0 bridgehead atoms. The van der Waals surface area contributed by atoms with Crippen LogP contribution in [0.5, 0.6) is 5.75 Å². The first-order valence-electron chi connectivity index (χ1n) is 9.69. The van der Waals surface area contributed by atoms with Gasteiger partial charge in [-0.2, -0.15) is 0 Å². The van der Waals surface area contributed by atoms with Crippen LogP contribution < -0.4 is 15.4 Å². The Morgan fingerprint density at radius 2 is 1.77 bits per heavy atom. The molecule has 0 unspecified atom stereocenters. The summed E-state index contributed by atoms with van der Waals surface area (Å²) in [4.78, 5) is 25.4. The van der Waals surface area contributed by atoms with E-state index in [0.29, 0.717) is 11.6 Å². The van der Waals surface area contributed by atoms with Crippen LogP contribution in [0.2, 0.25) is 0 Å². The van der Waals surface area contributed by atoms with Crippen molar-refractivity contribution in [1.29, 1.82) is 0 Å². The van der Waals surface area contributed by atoms with Crippen LogP contribution >= 0.6 is 0 Å². The summed E-state index contributed by atoms with van der Waals surface area (Å²) < 4.78 is 5.13. The van der Waals surface area contributed by atoms with Crippen LogP contribution in [0.25, 0.3) is 0 Å². The van der Waals surface area contributed by atoms with Crippen molar-refractivity contribution in [2.24, 2.45) is 17.8 Å². The van der Waals surface area contributed by atoms with Crippen LogP contribution in [-0.2, 0) is 9.59 Å². The van der Waals surface area contributed by atoms with Crippen molar-refractivity contribution in [3.63, 3.8) is 0 Å². The van der Waals surface area contributed by atoms with E-state index < -0.39 is 6.04 Å². The Morgan fingerprint density at radius 1 is 1.15 bits per heavy atom. The molecule has 0 radical (unpaired) electrons. The zero-order valence-electron chi connectivity index (χ0n) is 16.4. The molecular formula is C21H32N2O3. The van der Waals surface area contributed by atoms with Crippen LogP contribution in [0.15, 0.2) is 24.3 Å². The lowest BCUT2D eigenvalue weighted by Crippen LogP contribution is -2.49. The summed E-state index contributed by atoms with van der Waals surface area (Å²) in [6.45, 7) is 6.27. The topological polar surface area (TPSA) is 67.4 Å². The van der Waals surface area contributed by atoms with E-state index in [1.165, 1.54) is 0 Å². The molecule has 0 aliphatic heterocycles. The molecule has 0 heterocycles. The highest BCUT2D eigenvalue weighted by Gasteiger charge is 2.30. The molecule has 1 saturated carbocycles. The van der Waals surface area contributed by atoms with Crippen LogP contribution in [0, 0.1) is 17.8 Å². The predicted molar refractivity (Wildman–Crippen MR) is 104 cm³/mol. The summed E-state index contributed by atoms with van der Waals surface area (Å²) in [5.74, 6) is 1.39. The second-order valence-electron chi connectivity index (χ2n) is 7.55.